The van der Waals surface area contributed by atoms with Crippen LogP contribution in [0.3, 0.4) is 0 Å². The van der Waals surface area contributed by atoms with E-state index >= 15 is 0 Å². The van der Waals surface area contributed by atoms with E-state index < -0.39 is 4.92 Å². The third-order valence-corrected chi connectivity index (χ3v) is 3.62. The molecule has 0 saturated carbocycles. The molecule has 0 bridgehead atoms. The van der Waals surface area contributed by atoms with Crippen LogP contribution in [0.15, 0.2) is 28.9 Å². The van der Waals surface area contributed by atoms with Gasteiger partial charge in [-0.3, -0.25) is 4.79 Å². The molecule has 0 saturated heterocycles. The van der Waals surface area contributed by atoms with Gasteiger partial charge in [-0.2, -0.15) is 4.68 Å². The minimum absolute atomic E-state index is 0.0974. The Morgan fingerprint density at radius 3 is 2.81 bits per heavy atom. The fraction of sp³-hybridized carbons (Fsp3) is 0.231. The first-order valence-electron chi connectivity index (χ1n) is 6.12. The van der Waals surface area contributed by atoms with E-state index in [9.17, 15) is 14.9 Å². The number of aromatic nitrogens is 2. The highest BCUT2D eigenvalue weighted by molar-refractivity contribution is 9.10. The summed E-state index contributed by atoms with van der Waals surface area (Å²) < 4.78 is 1.47. The number of halogens is 1. The molecule has 1 N–H and O–H groups in total. The highest BCUT2D eigenvalue weighted by atomic mass is 79.9. The van der Waals surface area contributed by atoms with Gasteiger partial charge in [-0.15, -0.1) is 0 Å². The molecule has 110 valence electrons. The molecule has 7 nitrogen and oxygen atoms in total. The molecule has 0 atom stereocenters. The largest absolute Gasteiger partial charge is 0.404 e. The Bertz CT molecular complexity index is 711. The fourth-order valence-electron chi connectivity index (χ4n) is 1.81. The number of carbonyl (C=O) groups is 1. The van der Waals surface area contributed by atoms with Crippen LogP contribution in [-0.2, 0) is 11.3 Å². The maximum Gasteiger partial charge on any atom is 0.404 e. The number of anilines is 1. The van der Waals surface area contributed by atoms with Crippen LogP contribution in [0.5, 0.6) is 0 Å². The summed E-state index contributed by atoms with van der Waals surface area (Å²) in [6.07, 6.45) is 1.40. The van der Waals surface area contributed by atoms with Crippen molar-refractivity contribution in [2.45, 2.75) is 20.4 Å². The maximum absolute atomic E-state index is 12.0. The van der Waals surface area contributed by atoms with Gasteiger partial charge in [0.2, 0.25) is 5.91 Å². The molecule has 2 rings (SSSR count). The Kier molecular flexibility index (Phi) is 4.37. The topological polar surface area (TPSA) is 90.1 Å². The molecule has 8 heteroatoms. The smallest absolute Gasteiger partial charge is 0.358 e. The Balaban J connectivity index is 2.10. The van der Waals surface area contributed by atoms with Crippen LogP contribution in [-0.4, -0.2) is 20.6 Å². The highest BCUT2D eigenvalue weighted by Crippen LogP contribution is 2.22. The number of carbonyl (C=O) groups excluding carboxylic acids is 1. The van der Waals surface area contributed by atoms with Gasteiger partial charge in [-0.1, -0.05) is 12.1 Å². The van der Waals surface area contributed by atoms with Crippen LogP contribution >= 0.6 is 15.9 Å². The lowest BCUT2D eigenvalue weighted by Crippen LogP contribution is -2.19. The zero-order valence-electron chi connectivity index (χ0n) is 11.5. The van der Waals surface area contributed by atoms with Crippen molar-refractivity contribution in [3.8, 4) is 0 Å². The summed E-state index contributed by atoms with van der Waals surface area (Å²) in [6, 6.07) is 5.62. The van der Waals surface area contributed by atoms with Crippen molar-refractivity contribution in [3.63, 3.8) is 0 Å². The summed E-state index contributed by atoms with van der Waals surface area (Å²) in [7, 11) is 0. The summed E-state index contributed by atoms with van der Waals surface area (Å²) in [5, 5.41) is 17.2. The van der Waals surface area contributed by atoms with E-state index in [0.29, 0.717) is 0 Å². The predicted octanol–water partition coefficient (Wildman–Crippen LogP) is 2.81. The standard InChI is InChI=1S/C13H13BrN4O3/c1-8-4-3-5-11(9(8)2)15-12(19)7-17-6-10(14)13(16-17)18(20)21/h3-6H,7H2,1-2H3,(H,15,19). The Labute approximate surface area is 129 Å². The monoisotopic (exact) mass is 352 g/mol. The van der Waals surface area contributed by atoms with Crippen molar-refractivity contribution in [3.05, 3.63) is 50.1 Å². The number of nitro groups is 1. The van der Waals surface area contributed by atoms with Crippen LogP contribution in [0.4, 0.5) is 11.5 Å². The summed E-state index contributed by atoms with van der Waals surface area (Å²) in [6.45, 7) is 3.78. The lowest BCUT2D eigenvalue weighted by Gasteiger charge is -2.09. The van der Waals surface area contributed by atoms with Crippen LogP contribution < -0.4 is 5.32 Å². The SMILES string of the molecule is Cc1cccc(NC(=O)Cn2cc(Br)c([N+](=O)[O-])n2)c1C. The van der Waals surface area contributed by atoms with Gasteiger partial charge in [0.25, 0.3) is 0 Å². The Hall–Kier alpha value is -2.22. The van der Waals surface area contributed by atoms with Crippen molar-refractivity contribution in [1.82, 2.24) is 9.78 Å². The average molecular weight is 353 g/mol. The van der Waals surface area contributed by atoms with Gasteiger partial charge >= 0.3 is 5.82 Å². The van der Waals surface area contributed by atoms with Crippen molar-refractivity contribution in [2.75, 3.05) is 5.32 Å². The molecule has 0 aliphatic heterocycles. The number of nitrogens with one attached hydrogen (secondary N) is 1. The molecule has 1 heterocycles. The van der Waals surface area contributed by atoms with Gasteiger partial charge in [-0.25, -0.2) is 0 Å². The van der Waals surface area contributed by atoms with Crippen LogP contribution in [0.1, 0.15) is 11.1 Å². The third-order valence-electron chi connectivity index (χ3n) is 3.06. The first-order valence-corrected chi connectivity index (χ1v) is 6.91. The quantitative estimate of drug-likeness (QED) is 0.676. The number of rotatable bonds is 4. The van der Waals surface area contributed by atoms with Crippen molar-refractivity contribution >= 4 is 33.3 Å². The third kappa shape index (κ3) is 3.46. The Morgan fingerprint density at radius 1 is 1.48 bits per heavy atom. The van der Waals surface area contributed by atoms with Gasteiger partial charge in [0, 0.05) is 5.69 Å². The molecular weight excluding hydrogens is 340 g/mol. The lowest BCUT2D eigenvalue weighted by molar-refractivity contribution is -0.390. The number of nitrogens with zero attached hydrogens (tertiary/aromatic N) is 3. The highest BCUT2D eigenvalue weighted by Gasteiger charge is 2.20. The second-order valence-corrected chi connectivity index (χ2v) is 5.41. The molecule has 2 aromatic rings. The van der Waals surface area contributed by atoms with Crippen molar-refractivity contribution < 1.29 is 9.72 Å². The van der Waals surface area contributed by atoms with Gasteiger partial charge in [-0.05, 0) is 51.9 Å². The van der Waals surface area contributed by atoms with Gasteiger partial charge in [0.05, 0.1) is 11.3 Å². The first-order chi connectivity index (χ1) is 9.88. The summed E-state index contributed by atoms with van der Waals surface area (Å²) in [5.41, 5.74) is 2.78. The number of aryl methyl sites for hydroxylation is 1. The minimum atomic E-state index is -0.608. The number of hydrogen-bond acceptors (Lipinski definition) is 4. The first kappa shape index (κ1) is 15.2. The van der Waals surface area contributed by atoms with E-state index in [-0.39, 0.29) is 22.7 Å². The Morgan fingerprint density at radius 2 is 2.19 bits per heavy atom. The molecule has 0 radical (unpaired) electrons. The van der Waals surface area contributed by atoms with E-state index in [2.05, 4.69) is 26.3 Å². The van der Waals surface area contributed by atoms with Crippen molar-refractivity contribution in [1.29, 1.82) is 0 Å². The zero-order chi connectivity index (χ0) is 15.6. The van der Waals surface area contributed by atoms with Crippen molar-refractivity contribution in [2.24, 2.45) is 0 Å². The van der Waals surface area contributed by atoms with E-state index in [4.69, 9.17) is 0 Å². The molecule has 1 amide bonds. The average Bonchev–Trinajstić information content (AvgIpc) is 2.76. The van der Waals surface area contributed by atoms with E-state index in [1.54, 1.807) is 0 Å². The summed E-state index contributed by atoms with van der Waals surface area (Å²) >= 11 is 3.04. The molecular formula is C13H13BrN4O3. The number of hydrogen-bond donors (Lipinski definition) is 1. The number of amides is 1. The summed E-state index contributed by atoms with van der Waals surface area (Å²) in [4.78, 5) is 22.1. The molecule has 0 fully saturated rings. The predicted molar refractivity (Wildman–Crippen MR) is 81.1 cm³/mol. The van der Waals surface area contributed by atoms with Gasteiger partial charge < -0.3 is 15.4 Å². The van der Waals surface area contributed by atoms with Gasteiger partial charge in [0.15, 0.2) is 0 Å². The molecule has 0 aliphatic rings. The minimum Gasteiger partial charge on any atom is -0.358 e. The molecule has 0 spiro atoms. The lowest BCUT2D eigenvalue weighted by atomic mass is 10.1. The second-order valence-electron chi connectivity index (χ2n) is 4.55. The molecule has 21 heavy (non-hydrogen) atoms. The normalized spacial score (nSPS) is 10.4. The molecule has 1 aromatic carbocycles. The molecule has 1 aromatic heterocycles. The van der Waals surface area contributed by atoms with E-state index in [1.807, 2.05) is 32.0 Å². The molecule has 0 unspecified atom stereocenters. The second kappa shape index (κ2) is 6.04. The fourth-order valence-corrected chi connectivity index (χ4v) is 2.28. The van der Waals surface area contributed by atoms with Crippen LogP contribution in [0.25, 0.3) is 0 Å². The van der Waals surface area contributed by atoms with E-state index in [0.717, 1.165) is 16.8 Å². The zero-order valence-corrected chi connectivity index (χ0v) is 13.0. The van der Waals surface area contributed by atoms with E-state index in [1.165, 1.54) is 10.9 Å². The maximum atomic E-state index is 12.0. The van der Waals surface area contributed by atoms with Gasteiger partial charge in [0.1, 0.15) is 11.0 Å². The number of benzene rings is 1. The van der Waals surface area contributed by atoms with Crippen LogP contribution in [0.2, 0.25) is 0 Å². The van der Waals surface area contributed by atoms with Crippen LogP contribution in [0, 0.1) is 24.0 Å². The molecule has 0 aliphatic carbocycles. The summed E-state index contributed by atoms with van der Waals surface area (Å²) in [5.74, 6) is -0.608.